The van der Waals surface area contributed by atoms with Crippen molar-refractivity contribution in [2.24, 2.45) is 0 Å². The fourth-order valence-corrected chi connectivity index (χ4v) is 3.25. The molecule has 0 radical (unpaired) electrons. The summed E-state index contributed by atoms with van der Waals surface area (Å²) in [6.45, 7) is 3.11. The van der Waals surface area contributed by atoms with Gasteiger partial charge in [0.2, 0.25) is 0 Å². The third-order valence-corrected chi connectivity index (χ3v) is 4.48. The number of carbonyl (C=O) groups is 4. The van der Waals surface area contributed by atoms with Gasteiger partial charge in [0.05, 0.1) is 10.7 Å². The normalized spacial score (nSPS) is 15.4. The van der Waals surface area contributed by atoms with Crippen molar-refractivity contribution in [2.45, 2.75) is 13.8 Å². The number of nitrogens with one attached hydrogen (secondary N) is 1. The van der Waals surface area contributed by atoms with Gasteiger partial charge in [0, 0.05) is 0 Å². The summed E-state index contributed by atoms with van der Waals surface area (Å²) < 4.78 is 5.05. The first kappa shape index (κ1) is 21.1. The molecule has 0 aliphatic carbocycles. The Morgan fingerprint density at radius 1 is 1.13 bits per heavy atom. The Kier molecular flexibility index (Phi) is 5.89. The Morgan fingerprint density at radius 3 is 2.40 bits per heavy atom. The Bertz CT molecular complexity index is 1090. The molecule has 1 saturated heterocycles. The van der Waals surface area contributed by atoms with Gasteiger partial charge in [-0.25, -0.2) is 14.5 Å². The standard InChI is InChI=1S/C21H17ClN2O6/c1-11-5-12(2)7-14(6-11)24-20(28)15(19(27)23-21(24)29)8-13-3-4-17(16(22)9-13)30-10-18(25)26/h3-9H,10H2,1-2H3,(H,25,26)(H,23,27,29)/b15-8+. The van der Waals surface area contributed by atoms with Crippen molar-refractivity contribution >= 4 is 47.2 Å². The summed E-state index contributed by atoms with van der Waals surface area (Å²) in [6, 6.07) is 8.76. The summed E-state index contributed by atoms with van der Waals surface area (Å²) in [5.41, 5.74) is 2.22. The van der Waals surface area contributed by atoms with Crippen LogP contribution in [0.4, 0.5) is 10.5 Å². The molecule has 0 bridgehead atoms. The second-order valence-corrected chi connectivity index (χ2v) is 7.08. The molecule has 0 unspecified atom stereocenters. The van der Waals surface area contributed by atoms with E-state index in [1.807, 2.05) is 19.9 Å². The van der Waals surface area contributed by atoms with Gasteiger partial charge in [0.25, 0.3) is 11.8 Å². The zero-order chi connectivity index (χ0) is 22.0. The van der Waals surface area contributed by atoms with Crippen LogP contribution >= 0.6 is 11.6 Å². The predicted molar refractivity (Wildman–Crippen MR) is 110 cm³/mol. The minimum absolute atomic E-state index is 0.108. The lowest BCUT2D eigenvalue weighted by molar-refractivity contribution is -0.139. The Morgan fingerprint density at radius 2 is 1.80 bits per heavy atom. The first-order valence-corrected chi connectivity index (χ1v) is 9.17. The van der Waals surface area contributed by atoms with Gasteiger partial charge in [0.15, 0.2) is 6.61 Å². The molecule has 3 rings (SSSR count). The summed E-state index contributed by atoms with van der Waals surface area (Å²) >= 11 is 6.09. The maximum Gasteiger partial charge on any atom is 0.341 e. The van der Waals surface area contributed by atoms with E-state index in [-0.39, 0.29) is 16.3 Å². The second kappa shape index (κ2) is 8.38. The third-order valence-electron chi connectivity index (χ3n) is 4.18. The number of benzene rings is 2. The zero-order valence-corrected chi connectivity index (χ0v) is 16.8. The highest BCUT2D eigenvalue weighted by atomic mass is 35.5. The highest BCUT2D eigenvalue weighted by Gasteiger charge is 2.37. The van der Waals surface area contributed by atoms with E-state index in [2.05, 4.69) is 5.32 Å². The maximum absolute atomic E-state index is 13.0. The molecule has 1 fully saturated rings. The van der Waals surface area contributed by atoms with Crippen molar-refractivity contribution in [1.82, 2.24) is 5.32 Å². The van der Waals surface area contributed by atoms with Crippen molar-refractivity contribution in [1.29, 1.82) is 0 Å². The lowest BCUT2D eigenvalue weighted by atomic mass is 10.1. The number of carboxylic acid groups (broad SMARTS) is 1. The molecule has 0 aromatic heterocycles. The molecule has 30 heavy (non-hydrogen) atoms. The topological polar surface area (TPSA) is 113 Å². The van der Waals surface area contributed by atoms with Gasteiger partial charge < -0.3 is 9.84 Å². The quantitative estimate of drug-likeness (QED) is 0.559. The van der Waals surface area contributed by atoms with Crippen LogP contribution in [0.3, 0.4) is 0 Å². The van der Waals surface area contributed by atoms with Gasteiger partial charge in [-0.1, -0.05) is 23.7 Å². The van der Waals surface area contributed by atoms with Crippen LogP contribution in [0.1, 0.15) is 16.7 Å². The number of ether oxygens (including phenoxy) is 1. The molecule has 0 saturated carbocycles. The van der Waals surface area contributed by atoms with Gasteiger partial charge in [-0.05, 0) is 60.9 Å². The lowest BCUT2D eigenvalue weighted by Crippen LogP contribution is -2.54. The van der Waals surface area contributed by atoms with Crippen LogP contribution < -0.4 is 15.0 Å². The fourth-order valence-electron chi connectivity index (χ4n) is 3.00. The number of rotatable bonds is 5. The average molecular weight is 429 g/mol. The van der Waals surface area contributed by atoms with Crippen molar-refractivity contribution in [3.8, 4) is 5.75 Å². The number of urea groups is 1. The van der Waals surface area contributed by atoms with Crippen LogP contribution in [0.25, 0.3) is 6.08 Å². The molecule has 8 nitrogen and oxygen atoms in total. The molecule has 4 amide bonds. The predicted octanol–water partition coefficient (Wildman–Crippen LogP) is 3.09. The average Bonchev–Trinajstić information content (AvgIpc) is 2.63. The summed E-state index contributed by atoms with van der Waals surface area (Å²) in [5.74, 6) is -2.60. The van der Waals surface area contributed by atoms with Crippen LogP contribution in [0, 0.1) is 13.8 Å². The summed E-state index contributed by atoms with van der Waals surface area (Å²) in [6.07, 6.45) is 1.30. The third kappa shape index (κ3) is 4.49. The molecule has 1 aliphatic heterocycles. The van der Waals surface area contributed by atoms with E-state index >= 15 is 0 Å². The molecule has 1 aliphatic rings. The van der Waals surface area contributed by atoms with E-state index < -0.39 is 30.4 Å². The SMILES string of the molecule is Cc1cc(C)cc(N2C(=O)NC(=O)/C(=C\c3ccc(OCC(=O)O)c(Cl)c3)C2=O)c1. The fraction of sp³-hybridized carbons (Fsp3) is 0.143. The first-order chi connectivity index (χ1) is 14.2. The molecule has 1 heterocycles. The van der Waals surface area contributed by atoms with E-state index in [0.29, 0.717) is 11.3 Å². The number of hydrogen-bond acceptors (Lipinski definition) is 5. The van der Waals surface area contributed by atoms with E-state index in [0.717, 1.165) is 16.0 Å². The number of barbiturate groups is 1. The minimum atomic E-state index is -1.15. The number of nitrogens with zero attached hydrogens (tertiary/aromatic N) is 1. The minimum Gasteiger partial charge on any atom is -0.480 e. The van der Waals surface area contributed by atoms with Gasteiger partial charge in [-0.15, -0.1) is 0 Å². The zero-order valence-electron chi connectivity index (χ0n) is 16.1. The van der Waals surface area contributed by atoms with E-state index in [1.54, 1.807) is 12.1 Å². The second-order valence-electron chi connectivity index (χ2n) is 6.68. The molecule has 2 aromatic rings. The van der Waals surface area contributed by atoms with Crippen molar-refractivity contribution in [3.05, 3.63) is 63.7 Å². The molecule has 0 atom stereocenters. The van der Waals surface area contributed by atoms with E-state index in [1.165, 1.54) is 24.3 Å². The van der Waals surface area contributed by atoms with Crippen LogP contribution in [0.15, 0.2) is 42.0 Å². The summed E-state index contributed by atoms with van der Waals surface area (Å²) in [4.78, 5) is 49.1. The molecule has 9 heteroatoms. The Labute approximate surface area is 176 Å². The van der Waals surface area contributed by atoms with E-state index in [4.69, 9.17) is 21.4 Å². The number of imide groups is 2. The van der Waals surface area contributed by atoms with Gasteiger partial charge in [-0.2, -0.15) is 0 Å². The van der Waals surface area contributed by atoms with Crippen molar-refractivity contribution in [3.63, 3.8) is 0 Å². The number of amides is 4. The number of carbonyl (C=O) groups excluding carboxylic acids is 3. The Hall–Kier alpha value is -3.65. The van der Waals surface area contributed by atoms with Crippen molar-refractivity contribution < 1.29 is 29.0 Å². The number of aryl methyl sites for hydroxylation is 2. The number of halogens is 1. The first-order valence-electron chi connectivity index (χ1n) is 8.79. The Balaban J connectivity index is 1.94. The summed E-state index contributed by atoms with van der Waals surface area (Å²) in [7, 11) is 0. The smallest absolute Gasteiger partial charge is 0.341 e. The molecule has 2 aromatic carbocycles. The largest absolute Gasteiger partial charge is 0.480 e. The van der Waals surface area contributed by atoms with Gasteiger partial charge in [-0.3, -0.25) is 14.9 Å². The van der Waals surface area contributed by atoms with Crippen molar-refractivity contribution in [2.75, 3.05) is 11.5 Å². The molecular weight excluding hydrogens is 412 g/mol. The number of aliphatic carboxylic acids is 1. The van der Waals surface area contributed by atoms with Gasteiger partial charge in [0.1, 0.15) is 11.3 Å². The lowest BCUT2D eigenvalue weighted by Gasteiger charge is -2.27. The molecule has 154 valence electrons. The highest BCUT2D eigenvalue weighted by Crippen LogP contribution is 2.28. The number of carboxylic acids is 1. The van der Waals surface area contributed by atoms with Gasteiger partial charge >= 0.3 is 12.0 Å². The molecule has 2 N–H and O–H groups in total. The molecule has 0 spiro atoms. The van der Waals surface area contributed by atoms with Crippen LogP contribution in [-0.4, -0.2) is 35.5 Å². The maximum atomic E-state index is 13.0. The number of hydrogen-bond donors (Lipinski definition) is 2. The monoisotopic (exact) mass is 428 g/mol. The molecular formula is C21H17ClN2O6. The summed E-state index contributed by atoms with van der Waals surface area (Å²) in [5, 5.41) is 10.9. The number of anilines is 1. The van der Waals surface area contributed by atoms with Crippen LogP contribution in [0.2, 0.25) is 5.02 Å². The van der Waals surface area contributed by atoms with E-state index in [9.17, 15) is 19.2 Å². The van der Waals surface area contributed by atoms with Crippen LogP contribution in [0.5, 0.6) is 5.75 Å². The van der Waals surface area contributed by atoms with Crippen LogP contribution in [-0.2, 0) is 14.4 Å². The highest BCUT2D eigenvalue weighted by molar-refractivity contribution is 6.39.